The van der Waals surface area contributed by atoms with E-state index < -0.39 is 17.6 Å². The van der Waals surface area contributed by atoms with Gasteiger partial charge in [0.05, 0.1) is 11.0 Å². The Labute approximate surface area is 105 Å². The van der Waals surface area contributed by atoms with Crippen LogP contribution in [0.2, 0.25) is 0 Å². The lowest BCUT2D eigenvalue weighted by Crippen LogP contribution is -2.02. The van der Waals surface area contributed by atoms with Crippen molar-refractivity contribution in [3.05, 3.63) is 41.2 Å². The van der Waals surface area contributed by atoms with Crippen LogP contribution in [0.15, 0.2) is 18.3 Å². The van der Waals surface area contributed by atoms with Crippen LogP contribution in [-0.2, 0) is 0 Å². The van der Waals surface area contributed by atoms with Crippen LogP contribution in [0.4, 0.5) is 8.78 Å². The highest BCUT2D eigenvalue weighted by Gasteiger charge is 2.18. The number of aromatic nitrogens is 2. The predicted octanol–water partition coefficient (Wildman–Crippen LogP) is 3.00. The van der Waals surface area contributed by atoms with Gasteiger partial charge >= 0.3 is 5.97 Å². The molecule has 1 aromatic carbocycles. The maximum absolute atomic E-state index is 13.3. The summed E-state index contributed by atoms with van der Waals surface area (Å²) in [5, 5.41) is 9.93. The number of H-pyrrole nitrogens is 1. The van der Waals surface area contributed by atoms with Crippen molar-refractivity contribution < 1.29 is 18.7 Å². The number of pyridine rings is 1. The molecule has 0 aliphatic carbocycles. The van der Waals surface area contributed by atoms with E-state index in [1.807, 2.05) is 0 Å². The van der Waals surface area contributed by atoms with Gasteiger partial charge in [0.1, 0.15) is 0 Å². The molecule has 3 rings (SSSR count). The number of nitrogens with zero attached hydrogens (tertiary/aromatic N) is 1. The molecule has 0 amide bonds. The van der Waals surface area contributed by atoms with Crippen LogP contribution in [0.3, 0.4) is 0 Å². The van der Waals surface area contributed by atoms with E-state index in [9.17, 15) is 13.6 Å². The fraction of sp³-hybridized carbons (Fsp3) is 0.0769. The molecule has 0 radical (unpaired) electrons. The van der Waals surface area contributed by atoms with Crippen molar-refractivity contribution >= 4 is 27.8 Å². The van der Waals surface area contributed by atoms with Gasteiger partial charge in [0.25, 0.3) is 0 Å². The monoisotopic (exact) mass is 262 g/mol. The molecule has 6 heteroatoms. The van der Waals surface area contributed by atoms with Gasteiger partial charge in [-0.3, -0.25) is 0 Å². The molecule has 3 aromatic rings. The number of benzene rings is 1. The fourth-order valence-corrected chi connectivity index (χ4v) is 2.20. The first kappa shape index (κ1) is 11.6. The Bertz CT molecular complexity index is 840. The number of aromatic amines is 1. The van der Waals surface area contributed by atoms with E-state index >= 15 is 0 Å². The van der Waals surface area contributed by atoms with Gasteiger partial charge in [-0.05, 0) is 18.6 Å². The molecular formula is C13H8F2N2O2. The number of hydrogen-bond donors (Lipinski definition) is 2. The van der Waals surface area contributed by atoms with Crippen LogP contribution < -0.4 is 0 Å². The van der Waals surface area contributed by atoms with Gasteiger partial charge in [-0.15, -0.1) is 0 Å². The van der Waals surface area contributed by atoms with E-state index in [-0.39, 0.29) is 11.2 Å². The van der Waals surface area contributed by atoms with Gasteiger partial charge in [-0.1, -0.05) is 0 Å². The molecule has 0 fully saturated rings. The summed E-state index contributed by atoms with van der Waals surface area (Å²) >= 11 is 0. The van der Waals surface area contributed by atoms with Crippen molar-refractivity contribution in [2.24, 2.45) is 0 Å². The van der Waals surface area contributed by atoms with Crippen molar-refractivity contribution in [3.8, 4) is 0 Å². The summed E-state index contributed by atoms with van der Waals surface area (Å²) in [6.07, 6.45) is 1.61. The molecule has 0 aliphatic rings. The summed E-state index contributed by atoms with van der Waals surface area (Å²) in [4.78, 5) is 18.0. The van der Waals surface area contributed by atoms with Crippen LogP contribution in [0.1, 0.15) is 16.1 Å². The summed E-state index contributed by atoms with van der Waals surface area (Å²) < 4.78 is 26.5. The number of carboxylic acid groups (broad SMARTS) is 1. The Morgan fingerprint density at radius 1 is 1.32 bits per heavy atom. The van der Waals surface area contributed by atoms with Crippen LogP contribution in [-0.4, -0.2) is 21.0 Å². The zero-order valence-electron chi connectivity index (χ0n) is 9.79. The van der Waals surface area contributed by atoms with E-state index in [1.54, 1.807) is 13.1 Å². The van der Waals surface area contributed by atoms with Crippen molar-refractivity contribution in [2.75, 3.05) is 0 Å². The Morgan fingerprint density at radius 2 is 2.00 bits per heavy atom. The topological polar surface area (TPSA) is 66.0 Å². The summed E-state index contributed by atoms with van der Waals surface area (Å²) in [7, 11) is 0. The third kappa shape index (κ3) is 1.56. The highest BCUT2D eigenvalue weighted by atomic mass is 19.2. The molecule has 0 saturated carbocycles. The molecule has 19 heavy (non-hydrogen) atoms. The second kappa shape index (κ2) is 3.74. The third-order valence-corrected chi connectivity index (χ3v) is 3.06. The van der Waals surface area contributed by atoms with Crippen molar-refractivity contribution in [2.45, 2.75) is 6.92 Å². The van der Waals surface area contributed by atoms with Crippen LogP contribution >= 0.6 is 0 Å². The smallest absolute Gasteiger partial charge is 0.355 e. The molecule has 0 unspecified atom stereocenters. The van der Waals surface area contributed by atoms with Gasteiger partial charge in [0, 0.05) is 23.0 Å². The molecule has 4 nitrogen and oxygen atoms in total. The predicted molar refractivity (Wildman–Crippen MR) is 65.2 cm³/mol. The molecule has 2 aromatic heterocycles. The molecule has 0 aliphatic heterocycles. The zero-order valence-corrected chi connectivity index (χ0v) is 9.79. The minimum absolute atomic E-state index is 0.102. The lowest BCUT2D eigenvalue weighted by atomic mass is 10.1. The zero-order chi connectivity index (χ0) is 13.7. The van der Waals surface area contributed by atoms with E-state index in [0.717, 1.165) is 12.1 Å². The minimum atomic E-state index is -1.21. The maximum Gasteiger partial charge on any atom is 0.355 e. The second-order valence-corrected chi connectivity index (χ2v) is 4.27. The number of carboxylic acids is 1. The Kier molecular flexibility index (Phi) is 2.28. The van der Waals surface area contributed by atoms with E-state index in [2.05, 4.69) is 9.97 Å². The SMILES string of the molecule is Cc1c[nH]c2c1c(C(=O)O)nc1cc(F)c(F)cc12. The average molecular weight is 262 g/mol. The van der Waals surface area contributed by atoms with Gasteiger partial charge in [-0.2, -0.15) is 0 Å². The maximum atomic E-state index is 13.3. The quantitative estimate of drug-likeness (QED) is 0.708. The van der Waals surface area contributed by atoms with Crippen LogP contribution in [0.25, 0.3) is 21.8 Å². The van der Waals surface area contributed by atoms with Crippen molar-refractivity contribution in [1.29, 1.82) is 0 Å². The largest absolute Gasteiger partial charge is 0.476 e. The minimum Gasteiger partial charge on any atom is -0.476 e. The second-order valence-electron chi connectivity index (χ2n) is 4.27. The fourth-order valence-electron chi connectivity index (χ4n) is 2.20. The number of carbonyl (C=O) groups is 1. The van der Waals surface area contributed by atoms with Crippen molar-refractivity contribution in [3.63, 3.8) is 0 Å². The number of rotatable bonds is 1. The van der Waals surface area contributed by atoms with E-state index in [4.69, 9.17) is 5.11 Å². The normalized spacial score (nSPS) is 11.3. The summed E-state index contributed by atoms with van der Waals surface area (Å²) in [5.74, 6) is -3.26. The molecule has 0 atom stereocenters. The van der Waals surface area contributed by atoms with Gasteiger partial charge in [-0.25, -0.2) is 18.6 Å². The van der Waals surface area contributed by atoms with Crippen LogP contribution in [0.5, 0.6) is 0 Å². The first-order valence-corrected chi connectivity index (χ1v) is 5.48. The van der Waals surface area contributed by atoms with Crippen molar-refractivity contribution in [1.82, 2.24) is 9.97 Å². The lowest BCUT2D eigenvalue weighted by molar-refractivity contribution is 0.0693. The van der Waals surface area contributed by atoms with E-state index in [1.165, 1.54) is 0 Å². The number of hydrogen-bond acceptors (Lipinski definition) is 2. The number of halogens is 2. The van der Waals surface area contributed by atoms with Gasteiger partial charge in [0.2, 0.25) is 0 Å². The molecule has 0 saturated heterocycles. The molecule has 2 N–H and O–H groups in total. The average Bonchev–Trinajstić information content (AvgIpc) is 2.73. The standard InChI is InChI=1S/C13H8F2N2O2/c1-5-4-16-11-6-2-7(14)8(15)3-9(6)17-12(10(5)11)13(18)19/h2-4,16H,1H3,(H,18,19). The lowest BCUT2D eigenvalue weighted by Gasteiger charge is -2.04. The Hall–Kier alpha value is -2.50. The number of aromatic carboxylic acids is 1. The summed E-state index contributed by atoms with van der Waals surface area (Å²) in [6, 6.07) is 1.91. The number of aryl methyl sites for hydroxylation is 1. The Balaban J connectivity index is 2.58. The molecule has 0 bridgehead atoms. The summed E-state index contributed by atoms with van der Waals surface area (Å²) in [5.41, 5.74) is 1.06. The summed E-state index contributed by atoms with van der Waals surface area (Å²) in [6.45, 7) is 1.72. The molecule has 2 heterocycles. The van der Waals surface area contributed by atoms with Crippen LogP contribution in [0, 0.1) is 18.6 Å². The van der Waals surface area contributed by atoms with Gasteiger partial charge < -0.3 is 10.1 Å². The highest BCUT2D eigenvalue weighted by molar-refractivity contribution is 6.12. The van der Waals surface area contributed by atoms with E-state index in [0.29, 0.717) is 21.9 Å². The third-order valence-electron chi connectivity index (χ3n) is 3.06. The number of fused-ring (bicyclic) bond motifs is 3. The first-order chi connectivity index (χ1) is 8.99. The number of nitrogens with one attached hydrogen (secondary N) is 1. The Morgan fingerprint density at radius 3 is 2.68 bits per heavy atom. The van der Waals surface area contributed by atoms with Gasteiger partial charge in [0.15, 0.2) is 17.3 Å². The first-order valence-electron chi connectivity index (χ1n) is 5.48. The molecule has 96 valence electrons. The highest BCUT2D eigenvalue weighted by Crippen LogP contribution is 2.29. The molecule has 0 spiro atoms. The molecular weight excluding hydrogens is 254 g/mol.